The van der Waals surface area contributed by atoms with E-state index in [4.69, 9.17) is 4.74 Å². The summed E-state index contributed by atoms with van der Waals surface area (Å²) in [6, 6.07) is 16.6. The molecule has 0 N–H and O–H groups in total. The second-order valence-corrected chi connectivity index (χ2v) is 6.19. The first-order valence-electron chi connectivity index (χ1n) is 8.82. The van der Waals surface area contributed by atoms with Gasteiger partial charge in [-0.3, -0.25) is 0 Å². The van der Waals surface area contributed by atoms with Crippen LogP contribution >= 0.6 is 0 Å². The van der Waals surface area contributed by atoms with Crippen molar-refractivity contribution in [2.75, 3.05) is 27.2 Å². The molecule has 0 spiro atoms. The minimum atomic E-state index is -0.708. The highest BCUT2D eigenvalue weighted by atomic mass is 17.2. The van der Waals surface area contributed by atoms with Crippen LogP contribution in [0.4, 0.5) is 0 Å². The number of rotatable bonds is 6. The van der Waals surface area contributed by atoms with Crippen LogP contribution < -0.4 is 0 Å². The summed E-state index contributed by atoms with van der Waals surface area (Å²) in [6.07, 6.45) is 0. The van der Waals surface area contributed by atoms with Crippen LogP contribution in [0.1, 0.15) is 27.6 Å². The summed E-state index contributed by atoms with van der Waals surface area (Å²) in [7, 11) is 3.85. The fourth-order valence-corrected chi connectivity index (χ4v) is 1.76. The van der Waals surface area contributed by atoms with Gasteiger partial charge in [0.15, 0.2) is 0 Å². The molecule has 0 fully saturated rings. The summed E-state index contributed by atoms with van der Waals surface area (Å²) >= 11 is 0. The van der Waals surface area contributed by atoms with E-state index in [0.717, 1.165) is 6.54 Å². The van der Waals surface area contributed by atoms with Crippen LogP contribution in [0.25, 0.3) is 0 Å². The molecule has 0 bridgehead atoms. The van der Waals surface area contributed by atoms with E-state index in [2.05, 4.69) is 16.4 Å². The van der Waals surface area contributed by atoms with Crippen molar-refractivity contribution in [2.24, 2.45) is 0 Å². The predicted molar refractivity (Wildman–Crippen MR) is 108 cm³/mol. The van der Waals surface area contributed by atoms with E-state index >= 15 is 0 Å². The Morgan fingerprint density at radius 3 is 1.59 bits per heavy atom. The Hall–Kier alpha value is -3.45. The zero-order valence-corrected chi connectivity index (χ0v) is 16.8. The molecule has 2 aromatic carbocycles. The van der Waals surface area contributed by atoms with Gasteiger partial charge >= 0.3 is 17.9 Å². The third-order valence-corrected chi connectivity index (χ3v) is 3.33. The average Bonchev–Trinajstić information content (AvgIpc) is 2.73. The SMILES string of the molecule is C=C(C)C(=O)OCCN(C)C.O=C(OOC(=O)c1ccccc1)c1ccccc1. The van der Waals surface area contributed by atoms with Gasteiger partial charge in [-0.15, -0.1) is 0 Å². The van der Waals surface area contributed by atoms with E-state index in [9.17, 15) is 14.4 Å². The van der Waals surface area contributed by atoms with Crippen molar-refractivity contribution in [3.05, 3.63) is 83.9 Å². The Morgan fingerprint density at radius 1 is 0.828 bits per heavy atom. The summed E-state index contributed by atoms with van der Waals surface area (Å²) in [5.41, 5.74) is 1.08. The van der Waals surface area contributed by atoms with Crippen molar-refractivity contribution in [2.45, 2.75) is 6.92 Å². The lowest BCUT2D eigenvalue weighted by atomic mass is 10.2. The van der Waals surface area contributed by atoms with Crippen LogP contribution in [0, 0.1) is 0 Å². The summed E-state index contributed by atoms with van der Waals surface area (Å²) in [4.78, 5) is 44.6. The van der Waals surface area contributed by atoms with E-state index in [-0.39, 0.29) is 5.97 Å². The average molecular weight is 399 g/mol. The molecule has 0 saturated carbocycles. The number of likely N-dealkylation sites (N-methyl/N-ethyl adjacent to an activating group) is 1. The molecule has 0 aliphatic carbocycles. The largest absolute Gasteiger partial charge is 0.461 e. The van der Waals surface area contributed by atoms with Gasteiger partial charge in [-0.1, -0.05) is 43.0 Å². The molecule has 7 nitrogen and oxygen atoms in total. The molecule has 0 heterocycles. The van der Waals surface area contributed by atoms with Crippen LogP contribution in [0.2, 0.25) is 0 Å². The number of nitrogens with zero attached hydrogens (tertiary/aromatic N) is 1. The molecule has 0 aromatic heterocycles. The van der Waals surface area contributed by atoms with Gasteiger partial charge in [-0.05, 0) is 45.3 Å². The van der Waals surface area contributed by atoms with E-state index in [1.165, 1.54) is 0 Å². The molecule has 0 radical (unpaired) electrons. The minimum Gasteiger partial charge on any atom is -0.461 e. The summed E-state index contributed by atoms with van der Waals surface area (Å²) in [5, 5.41) is 0. The maximum absolute atomic E-state index is 11.5. The number of hydrogen-bond acceptors (Lipinski definition) is 7. The number of hydrogen-bond donors (Lipinski definition) is 0. The Balaban J connectivity index is 0.000000331. The molecule has 0 unspecified atom stereocenters. The number of benzene rings is 2. The first kappa shape index (κ1) is 23.6. The molecule has 0 amide bonds. The zero-order valence-electron chi connectivity index (χ0n) is 16.8. The van der Waals surface area contributed by atoms with Crippen LogP contribution in [0.5, 0.6) is 0 Å². The maximum Gasteiger partial charge on any atom is 0.386 e. The van der Waals surface area contributed by atoms with Crippen molar-refractivity contribution in [1.82, 2.24) is 4.90 Å². The van der Waals surface area contributed by atoms with Crippen molar-refractivity contribution in [1.29, 1.82) is 0 Å². The molecule has 0 atom stereocenters. The molecule has 2 rings (SSSR count). The quantitative estimate of drug-likeness (QED) is 0.319. The second kappa shape index (κ2) is 12.9. The van der Waals surface area contributed by atoms with E-state index in [0.29, 0.717) is 23.3 Å². The maximum atomic E-state index is 11.5. The highest BCUT2D eigenvalue weighted by Gasteiger charge is 2.13. The van der Waals surface area contributed by atoms with E-state index < -0.39 is 11.9 Å². The van der Waals surface area contributed by atoms with Crippen molar-refractivity contribution in [3.8, 4) is 0 Å². The van der Waals surface area contributed by atoms with Crippen molar-refractivity contribution in [3.63, 3.8) is 0 Å². The molecule has 29 heavy (non-hydrogen) atoms. The van der Waals surface area contributed by atoms with Gasteiger partial charge in [0.25, 0.3) is 0 Å². The third-order valence-electron chi connectivity index (χ3n) is 3.33. The molecule has 154 valence electrons. The first-order valence-corrected chi connectivity index (χ1v) is 8.82. The highest BCUT2D eigenvalue weighted by Crippen LogP contribution is 2.05. The Bertz CT molecular complexity index is 751. The zero-order chi connectivity index (χ0) is 21.6. The monoisotopic (exact) mass is 399 g/mol. The van der Waals surface area contributed by atoms with Crippen molar-refractivity contribution >= 4 is 17.9 Å². The van der Waals surface area contributed by atoms with Gasteiger partial charge in [-0.2, -0.15) is 0 Å². The number of carbonyl (C=O) groups is 3. The molecule has 7 heteroatoms. The Labute approximate surface area is 170 Å². The fraction of sp³-hybridized carbons (Fsp3) is 0.227. The first-order chi connectivity index (χ1) is 13.8. The smallest absolute Gasteiger partial charge is 0.386 e. The van der Waals surface area contributed by atoms with Gasteiger partial charge in [-0.25, -0.2) is 24.2 Å². The highest BCUT2D eigenvalue weighted by molar-refractivity contribution is 5.92. The number of carbonyl (C=O) groups excluding carboxylic acids is 3. The Kier molecular flexibility index (Phi) is 10.5. The van der Waals surface area contributed by atoms with Gasteiger partial charge in [0.2, 0.25) is 0 Å². The summed E-state index contributed by atoms with van der Waals surface area (Å²) < 4.78 is 4.83. The van der Waals surface area contributed by atoms with Crippen LogP contribution in [-0.4, -0.2) is 50.1 Å². The summed E-state index contributed by atoms with van der Waals surface area (Å²) in [5.74, 6) is -1.73. The van der Waals surface area contributed by atoms with Crippen LogP contribution in [0.3, 0.4) is 0 Å². The molecule has 0 aliphatic heterocycles. The normalized spacial score (nSPS) is 9.66. The second-order valence-electron chi connectivity index (χ2n) is 6.19. The third kappa shape index (κ3) is 9.88. The molecule has 0 saturated heterocycles. The van der Waals surface area contributed by atoms with Gasteiger partial charge < -0.3 is 9.64 Å². The predicted octanol–water partition coefficient (Wildman–Crippen LogP) is 3.28. The van der Waals surface area contributed by atoms with E-state index in [1.54, 1.807) is 67.6 Å². The molecular formula is C22H25NO6. The van der Waals surface area contributed by atoms with Gasteiger partial charge in [0.1, 0.15) is 6.61 Å². The number of esters is 1. The van der Waals surface area contributed by atoms with Crippen molar-refractivity contribution < 1.29 is 28.9 Å². The molecule has 2 aromatic rings. The van der Waals surface area contributed by atoms with Gasteiger partial charge in [0.05, 0.1) is 11.1 Å². The summed E-state index contributed by atoms with van der Waals surface area (Å²) in [6.45, 7) is 6.28. The lowest BCUT2D eigenvalue weighted by Crippen LogP contribution is -2.20. The Morgan fingerprint density at radius 2 is 1.24 bits per heavy atom. The lowest BCUT2D eigenvalue weighted by molar-refractivity contribution is -0.187. The number of ether oxygens (including phenoxy) is 1. The lowest BCUT2D eigenvalue weighted by Gasteiger charge is -2.09. The van der Waals surface area contributed by atoms with Gasteiger partial charge in [0, 0.05) is 12.1 Å². The molecule has 0 aliphatic rings. The van der Waals surface area contributed by atoms with Crippen LogP contribution in [0.15, 0.2) is 72.8 Å². The fourth-order valence-electron chi connectivity index (χ4n) is 1.76. The standard InChI is InChI=1S/C14H10O4.C8H15NO2/c15-13(11-7-3-1-4-8-11)17-18-14(16)12-9-5-2-6-10-12;1-7(2)8(10)11-6-5-9(3)4/h1-10H;1,5-6H2,2-4H3. The molecular weight excluding hydrogens is 374 g/mol. The van der Waals surface area contributed by atoms with E-state index in [1.807, 2.05) is 19.0 Å². The minimum absolute atomic E-state index is 0.313. The van der Waals surface area contributed by atoms with Crippen LogP contribution in [-0.2, 0) is 19.3 Å². The topological polar surface area (TPSA) is 82.1 Å².